The summed E-state index contributed by atoms with van der Waals surface area (Å²) in [6.07, 6.45) is 0.0206. The Balaban J connectivity index is 0. The minimum atomic E-state index is -0.985. The molecule has 0 saturated carbocycles. The van der Waals surface area contributed by atoms with Gasteiger partial charge in [0, 0.05) is 6.42 Å². The van der Waals surface area contributed by atoms with Crippen LogP contribution in [0.4, 0.5) is 0 Å². The second-order valence-electron chi connectivity index (χ2n) is 2.75. The molecule has 0 aromatic carbocycles. The largest absolute Gasteiger partial charge is 0.481 e. The smallest absolute Gasteiger partial charge is 0.320 e. The molecule has 13 heavy (non-hydrogen) atoms. The molecule has 0 heterocycles. The maximum absolute atomic E-state index is 10.5. The van der Waals surface area contributed by atoms with Crippen molar-refractivity contribution in [1.29, 1.82) is 0 Å². The van der Waals surface area contributed by atoms with Crippen molar-refractivity contribution in [1.82, 2.24) is 4.90 Å². The van der Waals surface area contributed by atoms with Gasteiger partial charge in [-0.25, -0.2) is 0 Å². The number of carboxylic acid groups (broad SMARTS) is 2. The Morgan fingerprint density at radius 3 is 2.00 bits per heavy atom. The number of carboxylic acids is 2. The molecule has 1 atom stereocenters. The summed E-state index contributed by atoms with van der Waals surface area (Å²) in [4.78, 5) is 22.1. The van der Waals surface area contributed by atoms with E-state index in [4.69, 9.17) is 10.2 Å². The molecule has 78 valence electrons. The number of hydrogen-bond acceptors (Lipinski definition) is 3. The number of hydrogen-bond donors (Lipinski definition) is 2. The van der Waals surface area contributed by atoms with Crippen molar-refractivity contribution in [3.05, 3.63) is 0 Å². The van der Waals surface area contributed by atoms with Gasteiger partial charge in [0.25, 0.3) is 0 Å². The molecule has 5 nitrogen and oxygen atoms in total. The van der Waals surface area contributed by atoms with Gasteiger partial charge < -0.3 is 10.2 Å². The zero-order valence-electron chi connectivity index (χ0n) is 7.56. The lowest BCUT2D eigenvalue weighted by molar-refractivity contribution is -0.143. The lowest BCUT2D eigenvalue weighted by atomic mass is 10.1. The van der Waals surface area contributed by atoms with Gasteiger partial charge in [-0.05, 0) is 20.5 Å². The Kier molecular flexibility index (Phi) is 7.55. The van der Waals surface area contributed by atoms with Gasteiger partial charge in [-0.2, -0.15) is 0 Å². The first kappa shape index (κ1) is 14.7. The average molecular weight is 212 g/mol. The monoisotopic (exact) mass is 211 g/mol. The van der Waals surface area contributed by atoms with Crippen molar-refractivity contribution in [3.8, 4) is 0 Å². The molecule has 0 aliphatic heterocycles. The fourth-order valence-electron chi connectivity index (χ4n) is 0.863. The molecule has 0 aliphatic carbocycles. The van der Waals surface area contributed by atoms with Gasteiger partial charge in [-0.15, -0.1) is 12.4 Å². The third-order valence-electron chi connectivity index (χ3n) is 1.54. The number of rotatable bonds is 5. The number of halogens is 1. The molecule has 1 unspecified atom stereocenters. The molecule has 0 aromatic rings. The summed E-state index contributed by atoms with van der Waals surface area (Å²) in [7, 11) is 3.22. The van der Waals surface area contributed by atoms with Gasteiger partial charge in [0.15, 0.2) is 0 Å². The van der Waals surface area contributed by atoms with Crippen LogP contribution in [0.15, 0.2) is 0 Å². The summed E-state index contributed by atoms with van der Waals surface area (Å²) in [6.45, 7) is 0. The van der Waals surface area contributed by atoms with Crippen LogP contribution in [-0.2, 0) is 9.59 Å². The van der Waals surface area contributed by atoms with Crippen LogP contribution in [0.3, 0.4) is 0 Å². The highest BCUT2D eigenvalue weighted by molar-refractivity contribution is 5.85. The highest BCUT2D eigenvalue weighted by Crippen LogP contribution is 2.03. The predicted octanol–water partition coefficient (Wildman–Crippen LogP) is 0.288. The maximum atomic E-state index is 10.5. The van der Waals surface area contributed by atoms with Gasteiger partial charge in [-0.1, -0.05) is 0 Å². The summed E-state index contributed by atoms with van der Waals surface area (Å²) in [5, 5.41) is 16.9. The van der Waals surface area contributed by atoms with Crippen LogP contribution in [0, 0.1) is 0 Å². The second kappa shape index (κ2) is 6.68. The normalized spacial score (nSPS) is 11.9. The number of likely N-dealkylation sites (N-methyl/N-ethyl adjacent to an activating group) is 1. The molecule has 0 rings (SSSR count). The van der Waals surface area contributed by atoms with E-state index in [9.17, 15) is 9.59 Å². The molecule has 0 fully saturated rings. The topological polar surface area (TPSA) is 77.8 Å². The summed E-state index contributed by atoms with van der Waals surface area (Å²) >= 11 is 0. The van der Waals surface area contributed by atoms with E-state index >= 15 is 0 Å². The van der Waals surface area contributed by atoms with Gasteiger partial charge in [0.2, 0.25) is 0 Å². The molecule has 0 bridgehead atoms. The maximum Gasteiger partial charge on any atom is 0.320 e. The number of carbonyl (C=O) groups is 2. The van der Waals surface area contributed by atoms with Crippen molar-refractivity contribution in [2.75, 3.05) is 14.1 Å². The molecule has 6 heteroatoms. The van der Waals surface area contributed by atoms with Crippen LogP contribution >= 0.6 is 12.4 Å². The van der Waals surface area contributed by atoms with E-state index < -0.39 is 18.0 Å². The van der Waals surface area contributed by atoms with Crippen LogP contribution < -0.4 is 0 Å². The van der Waals surface area contributed by atoms with Crippen LogP contribution in [-0.4, -0.2) is 47.2 Å². The average Bonchev–Trinajstić information content (AvgIpc) is 1.84. The Morgan fingerprint density at radius 2 is 1.77 bits per heavy atom. The summed E-state index contributed by atoms with van der Waals surface area (Å²) in [5.41, 5.74) is 0. The third-order valence-corrected chi connectivity index (χ3v) is 1.54. The van der Waals surface area contributed by atoms with Gasteiger partial charge in [0.1, 0.15) is 6.04 Å². The lowest BCUT2D eigenvalue weighted by Gasteiger charge is -2.18. The zero-order chi connectivity index (χ0) is 9.72. The minimum Gasteiger partial charge on any atom is -0.481 e. The molecule has 0 saturated heterocycles. The SMILES string of the molecule is CN(C)C(CCC(=O)O)C(=O)O.Cl. The van der Waals surface area contributed by atoms with Gasteiger partial charge in [-0.3, -0.25) is 14.5 Å². The van der Waals surface area contributed by atoms with Crippen molar-refractivity contribution in [2.45, 2.75) is 18.9 Å². The van der Waals surface area contributed by atoms with Crippen molar-refractivity contribution in [3.63, 3.8) is 0 Å². The molecule has 2 N–H and O–H groups in total. The summed E-state index contributed by atoms with van der Waals surface area (Å²) in [6, 6.07) is -0.707. The van der Waals surface area contributed by atoms with E-state index in [1.165, 1.54) is 4.90 Å². The Labute approximate surface area is 82.8 Å². The minimum absolute atomic E-state index is 0. The molecule has 0 aromatic heterocycles. The fourth-order valence-corrected chi connectivity index (χ4v) is 0.863. The molecule has 0 radical (unpaired) electrons. The van der Waals surface area contributed by atoms with E-state index in [2.05, 4.69) is 0 Å². The lowest BCUT2D eigenvalue weighted by Crippen LogP contribution is -2.35. The van der Waals surface area contributed by atoms with Crippen molar-refractivity contribution in [2.24, 2.45) is 0 Å². The van der Waals surface area contributed by atoms with Crippen molar-refractivity contribution >= 4 is 24.3 Å². The first-order valence-electron chi connectivity index (χ1n) is 3.56. The molecule has 0 spiro atoms. The van der Waals surface area contributed by atoms with Crippen LogP contribution in [0.2, 0.25) is 0 Å². The van der Waals surface area contributed by atoms with Crippen LogP contribution in [0.5, 0.6) is 0 Å². The number of nitrogens with zero attached hydrogens (tertiary/aromatic N) is 1. The highest BCUT2D eigenvalue weighted by Gasteiger charge is 2.20. The third kappa shape index (κ3) is 6.36. The second-order valence-corrected chi connectivity index (χ2v) is 2.75. The standard InChI is InChI=1S/C7H13NO4.ClH/c1-8(2)5(7(11)12)3-4-6(9)10;/h5H,3-4H2,1-2H3,(H,9,10)(H,11,12);1H. The van der Waals surface area contributed by atoms with Gasteiger partial charge in [0.05, 0.1) is 0 Å². The summed E-state index contributed by atoms with van der Waals surface area (Å²) in [5.74, 6) is -1.95. The highest BCUT2D eigenvalue weighted by atomic mass is 35.5. The molecule has 0 aliphatic rings. The van der Waals surface area contributed by atoms with Crippen LogP contribution in [0.25, 0.3) is 0 Å². The van der Waals surface area contributed by atoms with E-state index in [0.717, 1.165) is 0 Å². The molecular formula is C7H14ClNO4. The predicted molar refractivity (Wildman–Crippen MR) is 49.2 cm³/mol. The van der Waals surface area contributed by atoms with Crippen LogP contribution in [0.1, 0.15) is 12.8 Å². The number of aliphatic carboxylic acids is 2. The molecular weight excluding hydrogens is 198 g/mol. The van der Waals surface area contributed by atoms with E-state index in [0.29, 0.717) is 0 Å². The first-order chi connectivity index (χ1) is 5.45. The van der Waals surface area contributed by atoms with Gasteiger partial charge >= 0.3 is 11.9 Å². The first-order valence-corrected chi connectivity index (χ1v) is 3.56. The van der Waals surface area contributed by atoms with E-state index in [-0.39, 0.29) is 25.2 Å². The Bertz CT molecular complexity index is 183. The van der Waals surface area contributed by atoms with E-state index in [1.54, 1.807) is 14.1 Å². The molecule has 0 amide bonds. The summed E-state index contributed by atoms with van der Waals surface area (Å²) < 4.78 is 0. The van der Waals surface area contributed by atoms with Crippen molar-refractivity contribution < 1.29 is 19.8 Å². The zero-order valence-corrected chi connectivity index (χ0v) is 8.37. The fraction of sp³-hybridized carbons (Fsp3) is 0.714. The quantitative estimate of drug-likeness (QED) is 0.684. The van der Waals surface area contributed by atoms with E-state index in [1.807, 2.05) is 0 Å². The Morgan fingerprint density at radius 1 is 1.31 bits per heavy atom. The Hall–Kier alpha value is -0.810.